The molecule has 0 saturated carbocycles. The van der Waals surface area contributed by atoms with Crippen molar-refractivity contribution >= 4 is 17.5 Å². The number of phenolic OH excluding ortho intramolecular Hbond substituents is 1. The van der Waals surface area contributed by atoms with Crippen LogP contribution < -0.4 is 10.2 Å². The summed E-state index contributed by atoms with van der Waals surface area (Å²) in [4.78, 5) is 26.7. The molecule has 1 heterocycles. The lowest BCUT2D eigenvalue weighted by Gasteiger charge is -2.39. The summed E-state index contributed by atoms with van der Waals surface area (Å²) in [6.07, 6.45) is 1.09. The van der Waals surface area contributed by atoms with E-state index in [0.29, 0.717) is 18.4 Å². The SMILES string of the molecule is CCC(=O)NC1CC(C)N(C(=O)c2ccc(O)cc2)c2ccccc21. The third-order valence-corrected chi connectivity index (χ3v) is 4.58. The molecule has 0 fully saturated rings. The number of carbonyl (C=O) groups excluding carboxylic acids is 2. The monoisotopic (exact) mass is 338 g/mol. The number of hydrogen-bond donors (Lipinski definition) is 2. The standard InChI is InChI=1S/C20H22N2O3/c1-3-19(24)21-17-12-13(2)22(18-7-5-4-6-16(17)18)20(25)14-8-10-15(23)11-9-14/h4-11,13,17,23H,3,12H2,1-2H3,(H,21,24). The summed E-state index contributed by atoms with van der Waals surface area (Å²) in [6, 6.07) is 13.8. The van der Waals surface area contributed by atoms with Crippen LogP contribution in [0.2, 0.25) is 0 Å². The molecule has 2 aromatic rings. The zero-order chi connectivity index (χ0) is 18.0. The molecule has 25 heavy (non-hydrogen) atoms. The Balaban J connectivity index is 1.97. The van der Waals surface area contributed by atoms with Gasteiger partial charge in [0.15, 0.2) is 0 Å². The predicted octanol–water partition coefficient (Wildman–Crippen LogP) is 3.40. The van der Waals surface area contributed by atoms with Crippen LogP contribution >= 0.6 is 0 Å². The Bertz CT molecular complexity index is 786. The highest BCUT2D eigenvalue weighted by atomic mass is 16.3. The molecule has 5 heteroatoms. The summed E-state index contributed by atoms with van der Waals surface area (Å²) in [5, 5.41) is 12.5. The Labute approximate surface area is 147 Å². The van der Waals surface area contributed by atoms with Gasteiger partial charge in [-0.3, -0.25) is 9.59 Å². The van der Waals surface area contributed by atoms with Crippen molar-refractivity contribution in [2.45, 2.75) is 38.8 Å². The molecule has 0 saturated heterocycles. The van der Waals surface area contributed by atoms with Crippen molar-refractivity contribution in [3.05, 3.63) is 59.7 Å². The quantitative estimate of drug-likeness (QED) is 0.901. The van der Waals surface area contributed by atoms with Gasteiger partial charge in [0, 0.05) is 23.7 Å². The molecule has 2 amide bonds. The number of carbonyl (C=O) groups is 2. The molecule has 0 aromatic heterocycles. The number of benzene rings is 2. The minimum absolute atomic E-state index is 0.00492. The average molecular weight is 338 g/mol. The van der Waals surface area contributed by atoms with Gasteiger partial charge in [-0.05, 0) is 49.2 Å². The van der Waals surface area contributed by atoms with Crippen molar-refractivity contribution in [1.82, 2.24) is 5.32 Å². The summed E-state index contributed by atoms with van der Waals surface area (Å²) in [7, 11) is 0. The molecule has 2 atom stereocenters. The number of rotatable bonds is 3. The highest BCUT2D eigenvalue weighted by Crippen LogP contribution is 2.37. The van der Waals surface area contributed by atoms with Gasteiger partial charge in [0.25, 0.3) is 5.91 Å². The van der Waals surface area contributed by atoms with Crippen molar-refractivity contribution < 1.29 is 14.7 Å². The number of fused-ring (bicyclic) bond motifs is 1. The first-order valence-electron chi connectivity index (χ1n) is 8.52. The molecule has 5 nitrogen and oxygen atoms in total. The first-order valence-corrected chi connectivity index (χ1v) is 8.52. The normalized spacial score (nSPS) is 19.2. The number of hydrogen-bond acceptors (Lipinski definition) is 3. The van der Waals surface area contributed by atoms with E-state index in [1.54, 1.807) is 17.0 Å². The van der Waals surface area contributed by atoms with Gasteiger partial charge in [-0.25, -0.2) is 0 Å². The van der Waals surface area contributed by atoms with E-state index in [1.807, 2.05) is 38.1 Å². The largest absolute Gasteiger partial charge is 0.508 e. The number of para-hydroxylation sites is 1. The van der Waals surface area contributed by atoms with Crippen LogP contribution in [0.1, 0.15) is 48.7 Å². The third-order valence-electron chi connectivity index (χ3n) is 4.58. The maximum atomic E-state index is 13.0. The average Bonchev–Trinajstić information content (AvgIpc) is 2.62. The van der Waals surface area contributed by atoms with Crippen molar-refractivity contribution in [3.8, 4) is 5.75 Å². The Morgan fingerprint density at radius 3 is 2.52 bits per heavy atom. The molecule has 2 N–H and O–H groups in total. The highest BCUT2D eigenvalue weighted by molar-refractivity contribution is 6.07. The molecule has 1 aliphatic rings. The second-order valence-electron chi connectivity index (χ2n) is 6.34. The van der Waals surface area contributed by atoms with Gasteiger partial charge < -0.3 is 15.3 Å². The minimum atomic E-state index is -0.111. The highest BCUT2D eigenvalue weighted by Gasteiger charge is 2.34. The van der Waals surface area contributed by atoms with E-state index >= 15 is 0 Å². The van der Waals surface area contributed by atoms with Crippen LogP contribution in [0.4, 0.5) is 5.69 Å². The van der Waals surface area contributed by atoms with E-state index in [1.165, 1.54) is 12.1 Å². The fraction of sp³-hybridized carbons (Fsp3) is 0.300. The molecule has 1 aliphatic heterocycles. The number of anilines is 1. The van der Waals surface area contributed by atoms with Crippen molar-refractivity contribution in [3.63, 3.8) is 0 Å². The van der Waals surface area contributed by atoms with E-state index < -0.39 is 0 Å². The maximum Gasteiger partial charge on any atom is 0.258 e. The fourth-order valence-corrected chi connectivity index (χ4v) is 3.30. The first-order chi connectivity index (χ1) is 12.0. The number of nitrogens with one attached hydrogen (secondary N) is 1. The lowest BCUT2D eigenvalue weighted by molar-refractivity contribution is -0.121. The number of aromatic hydroxyl groups is 1. The van der Waals surface area contributed by atoms with Gasteiger partial charge in [-0.2, -0.15) is 0 Å². The summed E-state index contributed by atoms with van der Waals surface area (Å²) in [6.45, 7) is 3.81. The molecular weight excluding hydrogens is 316 g/mol. The number of amides is 2. The second-order valence-corrected chi connectivity index (χ2v) is 6.34. The van der Waals surface area contributed by atoms with Crippen molar-refractivity contribution in [2.24, 2.45) is 0 Å². The molecule has 0 spiro atoms. The van der Waals surface area contributed by atoms with Gasteiger partial charge in [-0.15, -0.1) is 0 Å². The lowest BCUT2D eigenvalue weighted by Crippen LogP contribution is -2.46. The van der Waals surface area contributed by atoms with Crippen molar-refractivity contribution in [1.29, 1.82) is 0 Å². The smallest absolute Gasteiger partial charge is 0.258 e. The summed E-state index contributed by atoms with van der Waals surface area (Å²) >= 11 is 0. The van der Waals surface area contributed by atoms with Gasteiger partial charge >= 0.3 is 0 Å². The Morgan fingerprint density at radius 1 is 1.16 bits per heavy atom. The Hall–Kier alpha value is -2.82. The summed E-state index contributed by atoms with van der Waals surface area (Å²) < 4.78 is 0. The van der Waals surface area contributed by atoms with Crippen LogP contribution in [0, 0.1) is 0 Å². The predicted molar refractivity (Wildman–Crippen MR) is 96.6 cm³/mol. The van der Waals surface area contributed by atoms with Gasteiger partial charge in [0.05, 0.1) is 6.04 Å². The van der Waals surface area contributed by atoms with E-state index in [9.17, 15) is 14.7 Å². The first kappa shape index (κ1) is 17.0. The zero-order valence-corrected chi connectivity index (χ0v) is 14.4. The van der Waals surface area contributed by atoms with Crippen molar-refractivity contribution in [2.75, 3.05) is 4.90 Å². The van der Waals surface area contributed by atoms with Gasteiger partial charge in [0.1, 0.15) is 5.75 Å². The van der Waals surface area contributed by atoms with Crippen LogP contribution in [0.15, 0.2) is 48.5 Å². The van der Waals surface area contributed by atoms with Crippen LogP contribution in [0.5, 0.6) is 5.75 Å². The summed E-state index contributed by atoms with van der Waals surface area (Å²) in [5.74, 6) is 0.0246. The number of nitrogens with zero attached hydrogens (tertiary/aromatic N) is 1. The molecule has 2 aromatic carbocycles. The van der Waals surface area contributed by atoms with Crippen LogP contribution in [-0.4, -0.2) is 23.0 Å². The molecule has 130 valence electrons. The second kappa shape index (κ2) is 6.97. The minimum Gasteiger partial charge on any atom is -0.508 e. The lowest BCUT2D eigenvalue weighted by atomic mass is 9.91. The van der Waals surface area contributed by atoms with Crippen LogP contribution in [0.25, 0.3) is 0 Å². The molecule has 0 bridgehead atoms. The van der Waals surface area contributed by atoms with Gasteiger partial charge in [0.2, 0.25) is 5.91 Å². The fourth-order valence-electron chi connectivity index (χ4n) is 3.30. The maximum absolute atomic E-state index is 13.0. The van der Waals surface area contributed by atoms with Gasteiger partial charge in [-0.1, -0.05) is 25.1 Å². The molecule has 0 aliphatic carbocycles. The topological polar surface area (TPSA) is 69.6 Å². The molecular formula is C20H22N2O3. The van der Waals surface area contributed by atoms with E-state index in [0.717, 1.165) is 11.3 Å². The van der Waals surface area contributed by atoms with E-state index in [-0.39, 0.29) is 29.6 Å². The molecule has 2 unspecified atom stereocenters. The van der Waals surface area contributed by atoms with E-state index in [2.05, 4.69) is 5.32 Å². The third kappa shape index (κ3) is 3.36. The van der Waals surface area contributed by atoms with Crippen LogP contribution in [-0.2, 0) is 4.79 Å². The van der Waals surface area contributed by atoms with Crippen LogP contribution in [0.3, 0.4) is 0 Å². The Kier molecular flexibility index (Phi) is 4.74. The molecule has 0 radical (unpaired) electrons. The van der Waals surface area contributed by atoms with E-state index in [4.69, 9.17) is 0 Å². The number of phenols is 1. The Morgan fingerprint density at radius 2 is 1.84 bits per heavy atom. The zero-order valence-electron chi connectivity index (χ0n) is 14.4. The summed E-state index contributed by atoms with van der Waals surface area (Å²) in [5.41, 5.74) is 2.30. The molecule has 3 rings (SSSR count).